The molecule has 1 aliphatic heterocycles. The van der Waals surface area contributed by atoms with Gasteiger partial charge in [0.05, 0.1) is 0 Å². The molecule has 0 amide bonds. The molecule has 3 unspecified atom stereocenters. The van der Waals surface area contributed by atoms with Crippen LogP contribution in [-0.4, -0.2) is 10.7 Å². The van der Waals surface area contributed by atoms with E-state index in [0.29, 0.717) is 23.5 Å². The van der Waals surface area contributed by atoms with Gasteiger partial charge in [-0.1, -0.05) is 40.5 Å². The summed E-state index contributed by atoms with van der Waals surface area (Å²) >= 11 is 0. The van der Waals surface area contributed by atoms with Crippen LogP contribution in [0.3, 0.4) is 0 Å². The van der Waals surface area contributed by atoms with Gasteiger partial charge >= 0.3 is 0 Å². The van der Waals surface area contributed by atoms with Crippen LogP contribution in [0.4, 0.5) is 0 Å². The van der Waals surface area contributed by atoms with Crippen molar-refractivity contribution in [3.8, 4) is 11.5 Å². The second-order valence-electron chi connectivity index (χ2n) is 8.12. The van der Waals surface area contributed by atoms with Gasteiger partial charge in [0.15, 0.2) is 0 Å². The van der Waals surface area contributed by atoms with Gasteiger partial charge in [-0.25, -0.2) is 0 Å². The lowest BCUT2D eigenvalue weighted by molar-refractivity contribution is -0.0476. The van der Waals surface area contributed by atoms with Crippen molar-refractivity contribution in [3.05, 3.63) is 23.3 Å². The van der Waals surface area contributed by atoms with Gasteiger partial charge in [0.1, 0.15) is 17.1 Å². The molecule has 23 heavy (non-hydrogen) atoms. The van der Waals surface area contributed by atoms with Crippen molar-refractivity contribution >= 4 is 0 Å². The number of unbranched alkanes of at least 4 members (excludes halogenated alkanes) is 2. The summed E-state index contributed by atoms with van der Waals surface area (Å²) in [5, 5.41) is 10.2. The van der Waals surface area contributed by atoms with E-state index in [0.717, 1.165) is 25.0 Å². The average molecular weight is 316 g/mol. The number of ether oxygens (including phenoxy) is 1. The van der Waals surface area contributed by atoms with Gasteiger partial charge in [0.25, 0.3) is 0 Å². The fourth-order valence-corrected chi connectivity index (χ4v) is 4.63. The molecule has 3 atom stereocenters. The Morgan fingerprint density at radius 1 is 1.30 bits per heavy atom. The van der Waals surface area contributed by atoms with Crippen LogP contribution in [0.15, 0.2) is 12.1 Å². The van der Waals surface area contributed by atoms with Crippen LogP contribution in [0.2, 0.25) is 0 Å². The molecule has 2 bridgehead atoms. The largest absolute Gasteiger partial charge is 0.508 e. The molecule has 0 spiro atoms. The minimum Gasteiger partial charge on any atom is -0.508 e. The van der Waals surface area contributed by atoms with Crippen LogP contribution in [0.1, 0.15) is 83.3 Å². The van der Waals surface area contributed by atoms with E-state index in [9.17, 15) is 5.11 Å². The van der Waals surface area contributed by atoms with E-state index in [2.05, 4.69) is 27.7 Å². The molecule has 0 radical (unpaired) electrons. The minimum absolute atomic E-state index is 0.0291. The lowest BCUT2D eigenvalue weighted by Crippen LogP contribution is -2.50. The zero-order chi connectivity index (χ0) is 16.6. The van der Waals surface area contributed by atoms with Crippen molar-refractivity contribution in [2.24, 2.45) is 11.8 Å². The Labute approximate surface area is 141 Å². The van der Waals surface area contributed by atoms with Gasteiger partial charge in [0.2, 0.25) is 0 Å². The standard InChI is InChI=1S/C21H32O2/c1-5-6-7-8-16-11-17(22)12-19-20(16)18-13-21(23-19,14(2)3)10-9-15(18)4/h11-12,14-15,18,22H,5-10,13H2,1-4H3. The van der Waals surface area contributed by atoms with Gasteiger partial charge in [-0.05, 0) is 61.5 Å². The second-order valence-corrected chi connectivity index (χ2v) is 8.12. The molecule has 1 saturated carbocycles. The van der Waals surface area contributed by atoms with Gasteiger partial charge in [-0.2, -0.15) is 0 Å². The molecule has 2 nitrogen and oxygen atoms in total. The van der Waals surface area contributed by atoms with Crippen LogP contribution >= 0.6 is 0 Å². The van der Waals surface area contributed by atoms with E-state index in [1.807, 2.05) is 12.1 Å². The van der Waals surface area contributed by atoms with E-state index >= 15 is 0 Å². The maximum Gasteiger partial charge on any atom is 0.127 e. The zero-order valence-corrected chi connectivity index (χ0v) is 15.2. The van der Waals surface area contributed by atoms with E-state index < -0.39 is 0 Å². The highest BCUT2D eigenvalue weighted by Crippen LogP contribution is 2.55. The predicted octanol–water partition coefficient (Wildman–Crippen LogP) is 5.82. The summed E-state index contributed by atoms with van der Waals surface area (Å²) in [6.07, 6.45) is 8.27. The summed E-state index contributed by atoms with van der Waals surface area (Å²) in [6.45, 7) is 9.19. The van der Waals surface area contributed by atoms with Crippen molar-refractivity contribution in [2.45, 2.75) is 84.2 Å². The Balaban J connectivity index is 2.01. The highest BCUT2D eigenvalue weighted by molar-refractivity contribution is 5.51. The third-order valence-corrected chi connectivity index (χ3v) is 6.27. The molecule has 128 valence electrons. The number of rotatable bonds is 5. The Morgan fingerprint density at radius 3 is 2.78 bits per heavy atom. The first-order valence-corrected chi connectivity index (χ1v) is 9.51. The normalized spacial score (nSPS) is 29.3. The van der Waals surface area contributed by atoms with Crippen molar-refractivity contribution in [1.29, 1.82) is 0 Å². The van der Waals surface area contributed by atoms with Crippen LogP contribution in [0.5, 0.6) is 11.5 Å². The van der Waals surface area contributed by atoms with E-state index in [-0.39, 0.29) is 5.60 Å². The Hall–Kier alpha value is -1.18. The maximum absolute atomic E-state index is 10.2. The van der Waals surface area contributed by atoms with Gasteiger partial charge in [0, 0.05) is 11.6 Å². The number of aryl methyl sites for hydroxylation is 1. The highest BCUT2D eigenvalue weighted by Gasteiger charge is 2.48. The Kier molecular flexibility index (Phi) is 4.62. The molecule has 2 aliphatic rings. The first kappa shape index (κ1) is 16.7. The average Bonchev–Trinajstić information content (AvgIpc) is 2.50. The van der Waals surface area contributed by atoms with Crippen LogP contribution in [-0.2, 0) is 6.42 Å². The van der Waals surface area contributed by atoms with Crippen LogP contribution < -0.4 is 4.74 Å². The van der Waals surface area contributed by atoms with Gasteiger partial charge in [-0.3, -0.25) is 0 Å². The zero-order valence-electron chi connectivity index (χ0n) is 15.2. The number of aromatic hydroxyl groups is 1. The number of phenols is 1. The quantitative estimate of drug-likeness (QED) is 0.694. The van der Waals surface area contributed by atoms with Crippen molar-refractivity contribution < 1.29 is 9.84 Å². The fourth-order valence-electron chi connectivity index (χ4n) is 4.63. The number of phenolic OH excluding ortho intramolecular Hbond substituents is 1. The minimum atomic E-state index is -0.0291. The summed E-state index contributed by atoms with van der Waals surface area (Å²) in [7, 11) is 0. The molecule has 1 heterocycles. The van der Waals surface area contributed by atoms with Crippen LogP contribution in [0, 0.1) is 11.8 Å². The van der Waals surface area contributed by atoms with E-state index in [4.69, 9.17) is 4.74 Å². The molecule has 1 N–H and O–H groups in total. The fraction of sp³-hybridized carbons (Fsp3) is 0.714. The second kappa shape index (κ2) is 6.37. The molecule has 3 rings (SSSR count). The molecule has 1 aromatic carbocycles. The molecule has 1 aromatic rings. The summed E-state index contributed by atoms with van der Waals surface area (Å²) < 4.78 is 6.57. The first-order chi connectivity index (χ1) is 11.0. The van der Waals surface area contributed by atoms with Gasteiger partial charge in [-0.15, -0.1) is 0 Å². The predicted molar refractivity (Wildman–Crippen MR) is 95.3 cm³/mol. The first-order valence-electron chi connectivity index (χ1n) is 9.51. The molecule has 1 fully saturated rings. The monoisotopic (exact) mass is 316 g/mol. The maximum atomic E-state index is 10.2. The molecule has 1 aliphatic carbocycles. The van der Waals surface area contributed by atoms with E-state index in [1.165, 1.54) is 36.8 Å². The topological polar surface area (TPSA) is 29.5 Å². The Bertz CT molecular complexity index is 563. The molecular weight excluding hydrogens is 284 g/mol. The highest BCUT2D eigenvalue weighted by atomic mass is 16.5. The van der Waals surface area contributed by atoms with Crippen molar-refractivity contribution in [1.82, 2.24) is 0 Å². The van der Waals surface area contributed by atoms with Crippen molar-refractivity contribution in [3.63, 3.8) is 0 Å². The van der Waals surface area contributed by atoms with Crippen molar-refractivity contribution in [2.75, 3.05) is 0 Å². The SMILES string of the molecule is CCCCCc1cc(O)cc2c1C1CC(C(C)C)(CCC1C)O2. The third-order valence-electron chi connectivity index (χ3n) is 6.27. The summed E-state index contributed by atoms with van der Waals surface area (Å²) in [6, 6.07) is 3.85. The smallest absolute Gasteiger partial charge is 0.127 e. The molecule has 2 heteroatoms. The summed E-state index contributed by atoms with van der Waals surface area (Å²) in [5.41, 5.74) is 2.70. The molecule has 0 aromatic heterocycles. The van der Waals surface area contributed by atoms with Gasteiger partial charge < -0.3 is 9.84 Å². The number of hydrogen-bond acceptors (Lipinski definition) is 2. The summed E-state index contributed by atoms with van der Waals surface area (Å²) in [5.74, 6) is 3.14. The third kappa shape index (κ3) is 2.97. The number of hydrogen-bond donors (Lipinski definition) is 1. The van der Waals surface area contributed by atoms with Crippen LogP contribution in [0.25, 0.3) is 0 Å². The number of benzene rings is 1. The Morgan fingerprint density at radius 2 is 2.09 bits per heavy atom. The lowest BCUT2D eigenvalue weighted by atomic mass is 9.63. The molecular formula is C21H32O2. The summed E-state index contributed by atoms with van der Waals surface area (Å²) in [4.78, 5) is 0. The lowest BCUT2D eigenvalue weighted by Gasteiger charge is -2.51. The molecule has 0 saturated heterocycles. The van der Waals surface area contributed by atoms with E-state index in [1.54, 1.807) is 0 Å². The number of fused-ring (bicyclic) bond motifs is 4.